The predicted molar refractivity (Wildman–Crippen MR) is 104 cm³/mol. The molecular weight excluding hydrogens is 394 g/mol. The van der Waals surface area contributed by atoms with Gasteiger partial charge in [0.05, 0.1) is 5.41 Å². The highest BCUT2D eigenvalue weighted by atomic mass is 79.9. The summed E-state index contributed by atoms with van der Waals surface area (Å²) in [5, 5.41) is 2.87. The van der Waals surface area contributed by atoms with Crippen LogP contribution >= 0.6 is 15.9 Å². The number of ether oxygens (including phenoxy) is 1. The number of amides is 1. The summed E-state index contributed by atoms with van der Waals surface area (Å²) in [4.78, 5) is 25.2. The molecule has 1 N–H and O–H groups in total. The van der Waals surface area contributed by atoms with E-state index in [1.165, 1.54) is 19.3 Å². The molecular formula is C21H26BrNO3. The molecule has 140 valence electrons. The van der Waals surface area contributed by atoms with E-state index in [1.807, 2.05) is 31.2 Å². The molecule has 0 radical (unpaired) electrons. The summed E-state index contributed by atoms with van der Waals surface area (Å²) < 4.78 is 5.62. The second-order valence-corrected chi connectivity index (χ2v) is 10.2. The number of hydrogen-bond donors (Lipinski definition) is 1. The zero-order chi connectivity index (χ0) is 18.4. The third-order valence-electron chi connectivity index (χ3n) is 6.43. The Morgan fingerprint density at radius 2 is 1.88 bits per heavy atom. The minimum atomic E-state index is -0.380. The standard InChI is InChI=1S/C21H26BrNO3/c1-2-16-5-3-4-6-17(16)23-18(24)12-26-19(25)20-8-14-7-15(9-20)11-21(22,10-14)13-20/h3-6,14-15H,2,7-13H2,1H3,(H,23,24)/t14-,15+,20?,21?. The number of halogens is 1. The maximum absolute atomic E-state index is 12.9. The van der Waals surface area contributed by atoms with Gasteiger partial charge in [0.15, 0.2) is 6.61 Å². The SMILES string of the molecule is CCc1ccccc1NC(=O)COC(=O)C12C[C@@H]3C[C@@H](CC(Br)(C3)C1)C2. The van der Waals surface area contributed by atoms with Crippen LogP contribution in [0.5, 0.6) is 0 Å². The maximum atomic E-state index is 12.9. The fraction of sp³-hybridized carbons (Fsp3) is 0.619. The van der Waals surface area contributed by atoms with Crippen molar-refractivity contribution in [3.05, 3.63) is 29.8 Å². The van der Waals surface area contributed by atoms with Gasteiger partial charge in [-0.25, -0.2) is 0 Å². The monoisotopic (exact) mass is 419 g/mol. The Labute approximate surface area is 163 Å². The Morgan fingerprint density at radius 3 is 2.54 bits per heavy atom. The first-order valence-corrected chi connectivity index (χ1v) is 10.4. The van der Waals surface area contributed by atoms with Gasteiger partial charge in [-0.05, 0) is 68.4 Å². The summed E-state index contributed by atoms with van der Waals surface area (Å²) in [5.74, 6) is 0.800. The van der Waals surface area contributed by atoms with Crippen LogP contribution in [0.15, 0.2) is 24.3 Å². The number of nitrogens with one attached hydrogen (secondary N) is 1. The average Bonchev–Trinajstić information content (AvgIpc) is 2.58. The van der Waals surface area contributed by atoms with Crippen LogP contribution in [-0.4, -0.2) is 22.8 Å². The number of hydrogen-bond acceptors (Lipinski definition) is 3. The first kappa shape index (κ1) is 18.0. The van der Waals surface area contributed by atoms with Crippen molar-refractivity contribution in [2.45, 2.75) is 56.2 Å². The number of alkyl halides is 1. The van der Waals surface area contributed by atoms with Crippen LogP contribution in [0.3, 0.4) is 0 Å². The lowest BCUT2D eigenvalue weighted by Gasteiger charge is -2.58. The van der Waals surface area contributed by atoms with Gasteiger partial charge in [0, 0.05) is 10.0 Å². The summed E-state index contributed by atoms with van der Waals surface area (Å²) in [5.41, 5.74) is 1.50. The van der Waals surface area contributed by atoms with E-state index >= 15 is 0 Å². The van der Waals surface area contributed by atoms with Crippen molar-refractivity contribution in [2.75, 3.05) is 11.9 Å². The van der Waals surface area contributed by atoms with E-state index < -0.39 is 0 Å². The smallest absolute Gasteiger partial charge is 0.312 e. The van der Waals surface area contributed by atoms with Gasteiger partial charge in [-0.1, -0.05) is 41.1 Å². The molecule has 2 unspecified atom stereocenters. The van der Waals surface area contributed by atoms with E-state index in [2.05, 4.69) is 21.2 Å². The van der Waals surface area contributed by atoms with Crippen molar-refractivity contribution in [3.8, 4) is 0 Å². The molecule has 1 aromatic carbocycles. The molecule has 4 bridgehead atoms. The van der Waals surface area contributed by atoms with Crippen LogP contribution in [0.25, 0.3) is 0 Å². The Bertz CT molecular complexity index is 718. The lowest BCUT2D eigenvalue weighted by Crippen LogP contribution is -2.56. The molecule has 4 saturated carbocycles. The number of rotatable bonds is 5. The van der Waals surface area contributed by atoms with Gasteiger partial charge in [-0.15, -0.1) is 0 Å². The zero-order valence-corrected chi connectivity index (χ0v) is 16.8. The maximum Gasteiger partial charge on any atom is 0.312 e. The highest BCUT2D eigenvalue weighted by Gasteiger charge is 2.60. The molecule has 0 aromatic heterocycles. The van der Waals surface area contributed by atoms with Gasteiger partial charge in [0.2, 0.25) is 0 Å². The quantitative estimate of drug-likeness (QED) is 0.565. The van der Waals surface area contributed by atoms with Crippen LogP contribution < -0.4 is 5.32 Å². The van der Waals surface area contributed by atoms with Crippen molar-refractivity contribution in [3.63, 3.8) is 0 Å². The van der Waals surface area contributed by atoms with Crippen LogP contribution in [0.2, 0.25) is 0 Å². The molecule has 1 amide bonds. The van der Waals surface area contributed by atoms with Crippen molar-refractivity contribution >= 4 is 33.5 Å². The molecule has 4 nitrogen and oxygen atoms in total. The second-order valence-electron chi connectivity index (χ2n) is 8.53. The largest absolute Gasteiger partial charge is 0.455 e. The van der Waals surface area contributed by atoms with E-state index in [0.29, 0.717) is 11.8 Å². The van der Waals surface area contributed by atoms with Crippen molar-refractivity contribution in [1.82, 2.24) is 0 Å². The van der Waals surface area contributed by atoms with Gasteiger partial charge in [-0.2, -0.15) is 0 Å². The molecule has 5 heteroatoms. The Balaban J connectivity index is 1.37. The van der Waals surface area contributed by atoms with E-state index in [-0.39, 0.29) is 28.2 Å². The summed E-state index contributed by atoms with van der Waals surface area (Å²) in [6.45, 7) is 1.84. The third-order valence-corrected chi connectivity index (χ3v) is 7.36. The number of carbonyl (C=O) groups excluding carboxylic acids is 2. The van der Waals surface area contributed by atoms with Crippen LogP contribution in [0, 0.1) is 17.3 Å². The third kappa shape index (κ3) is 3.30. The number of aryl methyl sites for hydroxylation is 1. The molecule has 4 atom stereocenters. The Hall–Kier alpha value is -1.36. The van der Waals surface area contributed by atoms with E-state index in [4.69, 9.17) is 4.74 Å². The van der Waals surface area contributed by atoms with Crippen LogP contribution in [0.4, 0.5) is 5.69 Å². The molecule has 1 aromatic rings. The summed E-state index contributed by atoms with van der Waals surface area (Å²) >= 11 is 3.91. The lowest BCUT2D eigenvalue weighted by molar-refractivity contribution is -0.170. The van der Waals surface area contributed by atoms with Crippen LogP contribution in [0.1, 0.15) is 51.0 Å². The van der Waals surface area contributed by atoms with E-state index in [1.54, 1.807) is 0 Å². The molecule has 0 heterocycles. The molecule has 0 saturated heterocycles. The predicted octanol–water partition coefficient (Wildman–Crippen LogP) is 4.46. The number of carbonyl (C=O) groups is 2. The lowest BCUT2D eigenvalue weighted by atomic mass is 9.49. The molecule has 0 spiro atoms. The second kappa shape index (κ2) is 6.66. The first-order chi connectivity index (χ1) is 12.4. The van der Waals surface area contributed by atoms with E-state index in [0.717, 1.165) is 36.9 Å². The minimum Gasteiger partial charge on any atom is -0.455 e. The average molecular weight is 420 g/mol. The number of para-hydroxylation sites is 1. The molecule has 4 aliphatic rings. The van der Waals surface area contributed by atoms with Gasteiger partial charge in [0.1, 0.15) is 0 Å². The van der Waals surface area contributed by atoms with Gasteiger partial charge in [-0.3, -0.25) is 9.59 Å². The summed E-state index contributed by atoms with van der Waals surface area (Å²) in [6.07, 6.45) is 7.14. The number of esters is 1. The summed E-state index contributed by atoms with van der Waals surface area (Å²) in [7, 11) is 0. The van der Waals surface area contributed by atoms with Crippen molar-refractivity contribution in [1.29, 1.82) is 0 Å². The number of anilines is 1. The molecule has 26 heavy (non-hydrogen) atoms. The highest BCUT2D eigenvalue weighted by molar-refractivity contribution is 9.10. The molecule has 0 aliphatic heterocycles. The van der Waals surface area contributed by atoms with E-state index in [9.17, 15) is 9.59 Å². The fourth-order valence-electron chi connectivity index (χ4n) is 5.81. The number of benzene rings is 1. The van der Waals surface area contributed by atoms with Crippen molar-refractivity contribution < 1.29 is 14.3 Å². The normalized spacial score (nSPS) is 34.5. The first-order valence-electron chi connectivity index (χ1n) is 9.65. The molecule has 4 aliphatic carbocycles. The fourth-order valence-corrected chi connectivity index (χ4v) is 7.26. The highest BCUT2D eigenvalue weighted by Crippen LogP contribution is 2.64. The van der Waals surface area contributed by atoms with Gasteiger partial charge >= 0.3 is 5.97 Å². The van der Waals surface area contributed by atoms with Crippen molar-refractivity contribution in [2.24, 2.45) is 17.3 Å². The Kier molecular flexibility index (Phi) is 4.62. The van der Waals surface area contributed by atoms with Crippen LogP contribution in [-0.2, 0) is 20.7 Å². The van der Waals surface area contributed by atoms with Gasteiger partial charge < -0.3 is 10.1 Å². The molecule has 5 rings (SSSR count). The van der Waals surface area contributed by atoms with Gasteiger partial charge in [0.25, 0.3) is 5.91 Å². The molecule has 4 fully saturated rings. The topological polar surface area (TPSA) is 55.4 Å². The zero-order valence-electron chi connectivity index (χ0n) is 15.2. The Morgan fingerprint density at radius 1 is 1.19 bits per heavy atom. The summed E-state index contributed by atoms with van der Waals surface area (Å²) in [6, 6.07) is 7.72. The minimum absolute atomic E-state index is 0.110.